The van der Waals surface area contributed by atoms with E-state index in [0.29, 0.717) is 24.3 Å². The lowest BCUT2D eigenvalue weighted by Gasteiger charge is -2.21. The van der Waals surface area contributed by atoms with Crippen LogP contribution < -0.4 is 10.6 Å². The standard InChI is InChI=1S/C16H24N2O3S/c1-16(2,3)18-15(19)17-9-8-12-6-7-14-13(11-12)5-4-10-22(14,20)21/h6-7,11H,4-5,8-10H2,1-3H3,(H2,17,18,19). The lowest BCUT2D eigenvalue weighted by molar-refractivity contribution is 0.232. The summed E-state index contributed by atoms with van der Waals surface area (Å²) < 4.78 is 23.9. The van der Waals surface area contributed by atoms with E-state index in [9.17, 15) is 13.2 Å². The van der Waals surface area contributed by atoms with Crippen molar-refractivity contribution in [3.05, 3.63) is 29.3 Å². The second-order valence-electron chi connectivity index (χ2n) is 6.75. The molecule has 2 N–H and O–H groups in total. The Balaban J connectivity index is 1.94. The smallest absolute Gasteiger partial charge is 0.315 e. The highest BCUT2D eigenvalue weighted by Gasteiger charge is 2.23. The number of nitrogens with one attached hydrogen (secondary N) is 2. The average molecular weight is 324 g/mol. The van der Waals surface area contributed by atoms with Gasteiger partial charge in [-0.15, -0.1) is 0 Å². The molecule has 0 saturated carbocycles. The Kier molecular flexibility index (Phi) is 4.80. The van der Waals surface area contributed by atoms with Gasteiger partial charge in [-0.2, -0.15) is 0 Å². The third-order valence-electron chi connectivity index (χ3n) is 3.51. The molecular formula is C16H24N2O3S. The Morgan fingerprint density at radius 3 is 2.68 bits per heavy atom. The Morgan fingerprint density at radius 1 is 1.27 bits per heavy atom. The van der Waals surface area contributed by atoms with Crippen molar-refractivity contribution in [2.75, 3.05) is 12.3 Å². The predicted octanol–water partition coefficient (Wildman–Crippen LogP) is 2.05. The van der Waals surface area contributed by atoms with Crippen LogP contribution in [0.1, 0.15) is 38.3 Å². The quantitative estimate of drug-likeness (QED) is 0.893. The molecule has 1 aromatic carbocycles. The zero-order valence-corrected chi connectivity index (χ0v) is 14.2. The first-order chi connectivity index (χ1) is 10.2. The Morgan fingerprint density at radius 2 is 2.00 bits per heavy atom. The van der Waals surface area contributed by atoms with Crippen LogP contribution in [0.25, 0.3) is 0 Å². The van der Waals surface area contributed by atoms with Gasteiger partial charge >= 0.3 is 6.03 Å². The lowest BCUT2D eigenvalue weighted by Crippen LogP contribution is -2.46. The predicted molar refractivity (Wildman–Crippen MR) is 86.8 cm³/mol. The Hall–Kier alpha value is -1.56. The molecule has 1 heterocycles. The van der Waals surface area contributed by atoms with Gasteiger partial charge in [-0.1, -0.05) is 12.1 Å². The average Bonchev–Trinajstić information content (AvgIpc) is 2.36. The van der Waals surface area contributed by atoms with Crippen LogP contribution in [0.3, 0.4) is 0 Å². The topological polar surface area (TPSA) is 75.3 Å². The van der Waals surface area contributed by atoms with E-state index in [1.165, 1.54) is 0 Å². The number of carbonyl (C=O) groups is 1. The van der Waals surface area contributed by atoms with E-state index >= 15 is 0 Å². The molecule has 0 bridgehead atoms. The van der Waals surface area contributed by atoms with Crippen molar-refractivity contribution in [3.8, 4) is 0 Å². The van der Waals surface area contributed by atoms with Gasteiger partial charge in [-0.3, -0.25) is 0 Å². The molecule has 1 aliphatic heterocycles. The molecule has 5 nitrogen and oxygen atoms in total. The maximum atomic E-state index is 12.0. The summed E-state index contributed by atoms with van der Waals surface area (Å²) in [5, 5.41) is 5.65. The van der Waals surface area contributed by atoms with Crippen molar-refractivity contribution in [1.29, 1.82) is 0 Å². The molecule has 0 aliphatic carbocycles. The van der Waals surface area contributed by atoms with Gasteiger partial charge in [-0.25, -0.2) is 13.2 Å². The molecule has 0 unspecified atom stereocenters. The zero-order chi connectivity index (χ0) is 16.4. The van der Waals surface area contributed by atoms with E-state index < -0.39 is 9.84 Å². The first kappa shape index (κ1) is 16.8. The molecule has 1 aliphatic rings. The van der Waals surface area contributed by atoms with Gasteiger partial charge in [0.1, 0.15) is 0 Å². The second-order valence-corrected chi connectivity index (χ2v) is 8.82. The van der Waals surface area contributed by atoms with Crippen LogP contribution in [0.5, 0.6) is 0 Å². The van der Waals surface area contributed by atoms with Crippen LogP contribution in [0.15, 0.2) is 23.1 Å². The third-order valence-corrected chi connectivity index (χ3v) is 5.40. The van der Waals surface area contributed by atoms with Crippen LogP contribution in [-0.4, -0.2) is 32.3 Å². The molecule has 2 amide bonds. The van der Waals surface area contributed by atoms with Crippen molar-refractivity contribution in [1.82, 2.24) is 10.6 Å². The molecule has 0 fully saturated rings. The fourth-order valence-electron chi connectivity index (χ4n) is 2.55. The maximum Gasteiger partial charge on any atom is 0.315 e. The van der Waals surface area contributed by atoms with Crippen LogP contribution in [0.4, 0.5) is 4.79 Å². The highest BCUT2D eigenvalue weighted by molar-refractivity contribution is 7.91. The first-order valence-electron chi connectivity index (χ1n) is 7.58. The largest absolute Gasteiger partial charge is 0.338 e. The van der Waals surface area contributed by atoms with Crippen molar-refractivity contribution < 1.29 is 13.2 Å². The number of fused-ring (bicyclic) bond motifs is 1. The van der Waals surface area contributed by atoms with Crippen molar-refractivity contribution >= 4 is 15.9 Å². The number of carbonyl (C=O) groups excluding carboxylic acids is 1. The van der Waals surface area contributed by atoms with E-state index in [-0.39, 0.29) is 17.3 Å². The number of sulfone groups is 1. The summed E-state index contributed by atoms with van der Waals surface area (Å²) in [6.07, 6.45) is 2.18. The number of benzene rings is 1. The molecule has 0 aromatic heterocycles. The maximum absolute atomic E-state index is 12.0. The molecule has 0 spiro atoms. The van der Waals surface area contributed by atoms with Crippen molar-refractivity contribution in [2.24, 2.45) is 0 Å². The van der Waals surface area contributed by atoms with Crippen molar-refractivity contribution in [2.45, 2.75) is 50.5 Å². The SMILES string of the molecule is CC(C)(C)NC(=O)NCCc1ccc2c(c1)CCCS2(=O)=O. The summed E-state index contributed by atoms with van der Waals surface area (Å²) in [4.78, 5) is 12.1. The number of aryl methyl sites for hydroxylation is 1. The van der Waals surface area contributed by atoms with E-state index in [4.69, 9.17) is 0 Å². The highest BCUT2D eigenvalue weighted by Crippen LogP contribution is 2.25. The fourth-order valence-corrected chi connectivity index (χ4v) is 4.13. The summed E-state index contributed by atoms with van der Waals surface area (Å²) in [7, 11) is -3.09. The molecule has 0 atom stereocenters. The van der Waals surface area contributed by atoms with Gasteiger partial charge in [-0.05, 0) is 57.2 Å². The molecule has 2 rings (SSSR count). The summed E-state index contributed by atoms with van der Waals surface area (Å²) in [6, 6.07) is 5.31. The van der Waals surface area contributed by atoms with Gasteiger partial charge in [0.2, 0.25) is 0 Å². The lowest BCUT2D eigenvalue weighted by atomic mass is 10.0. The number of hydrogen-bond donors (Lipinski definition) is 2. The van der Waals surface area contributed by atoms with Gasteiger partial charge in [0.15, 0.2) is 9.84 Å². The molecule has 22 heavy (non-hydrogen) atoms. The zero-order valence-electron chi connectivity index (χ0n) is 13.4. The number of urea groups is 1. The van der Waals surface area contributed by atoms with Crippen LogP contribution in [0.2, 0.25) is 0 Å². The molecular weight excluding hydrogens is 300 g/mol. The summed E-state index contributed by atoms with van der Waals surface area (Å²) in [5.74, 6) is 0.244. The summed E-state index contributed by atoms with van der Waals surface area (Å²) in [5.41, 5.74) is 1.69. The van der Waals surface area contributed by atoms with Crippen LogP contribution in [0, 0.1) is 0 Å². The van der Waals surface area contributed by atoms with Gasteiger partial charge in [0, 0.05) is 12.1 Å². The molecule has 0 radical (unpaired) electrons. The van der Waals surface area contributed by atoms with Gasteiger partial charge in [0.05, 0.1) is 10.6 Å². The number of hydrogen-bond acceptors (Lipinski definition) is 3. The minimum atomic E-state index is -3.09. The Labute approximate surface area is 132 Å². The number of rotatable bonds is 3. The second kappa shape index (κ2) is 6.28. The molecule has 6 heteroatoms. The minimum absolute atomic E-state index is 0.187. The van der Waals surface area contributed by atoms with Gasteiger partial charge < -0.3 is 10.6 Å². The minimum Gasteiger partial charge on any atom is -0.338 e. The third kappa shape index (κ3) is 4.47. The van der Waals surface area contributed by atoms with E-state index in [1.54, 1.807) is 6.07 Å². The summed E-state index contributed by atoms with van der Waals surface area (Å²) in [6.45, 7) is 6.30. The Bertz CT molecular complexity index is 660. The van der Waals surface area contributed by atoms with E-state index in [2.05, 4.69) is 10.6 Å². The van der Waals surface area contributed by atoms with Crippen molar-refractivity contribution in [3.63, 3.8) is 0 Å². The molecule has 122 valence electrons. The van der Waals surface area contributed by atoms with Crippen LogP contribution >= 0.6 is 0 Å². The fraction of sp³-hybridized carbons (Fsp3) is 0.562. The number of amides is 2. The molecule has 0 saturated heterocycles. The van der Waals surface area contributed by atoms with Gasteiger partial charge in [0.25, 0.3) is 0 Å². The first-order valence-corrected chi connectivity index (χ1v) is 9.23. The monoisotopic (exact) mass is 324 g/mol. The normalized spacial score (nSPS) is 16.7. The summed E-state index contributed by atoms with van der Waals surface area (Å²) >= 11 is 0. The highest BCUT2D eigenvalue weighted by atomic mass is 32.2. The molecule has 1 aromatic rings. The van der Waals surface area contributed by atoms with Crippen LogP contribution in [-0.2, 0) is 22.7 Å². The van der Waals surface area contributed by atoms with E-state index in [1.807, 2.05) is 32.9 Å². The van der Waals surface area contributed by atoms with E-state index in [0.717, 1.165) is 17.5 Å².